The van der Waals surface area contributed by atoms with Crippen LogP contribution in [0.1, 0.15) is 44.0 Å². The highest BCUT2D eigenvalue weighted by molar-refractivity contribution is 5.54. The maximum Gasteiger partial charge on any atom is 0.181 e. The van der Waals surface area contributed by atoms with Gasteiger partial charge in [0.25, 0.3) is 0 Å². The van der Waals surface area contributed by atoms with Crippen molar-refractivity contribution in [1.82, 2.24) is 19.7 Å². The maximum absolute atomic E-state index is 9.18. The van der Waals surface area contributed by atoms with Crippen molar-refractivity contribution >= 4 is 0 Å². The first-order valence-electron chi connectivity index (χ1n) is 8.61. The van der Waals surface area contributed by atoms with Gasteiger partial charge < -0.3 is 5.11 Å². The van der Waals surface area contributed by atoms with Crippen LogP contribution in [-0.2, 0) is 6.54 Å². The van der Waals surface area contributed by atoms with Gasteiger partial charge in [-0.15, -0.1) is 0 Å². The molecule has 2 heterocycles. The topological polar surface area (TPSA) is 54.2 Å². The molecule has 1 aromatic carbocycles. The van der Waals surface area contributed by atoms with Gasteiger partial charge in [0.05, 0.1) is 6.04 Å². The third kappa shape index (κ3) is 3.79. The fraction of sp³-hybridized carbons (Fsp3) is 0.556. The van der Waals surface area contributed by atoms with Gasteiger partial charge >= 0.3 is 0 Å². The second-order valence-electron chi connectivity index (χ2n) is 6.31. The number of nitrogens with zero attached hydrogens (tertiary/aromatic N) is 4. The summed E-state index contributed by atoms with van der Waals surface area (Å²) in [7, 11) is 2.18. The summed E-state index contributed by atoms with van der Waals surface area (Å²) in [5.41, 5.74) is 1.05. The van der Waals surface area contributed by atoms with Crippen molar-refractivity contribution in [2.45, 2.75) is 44.7 Å². The largest absolute Gasteiger partial charge is 0.396 e. The summed E-state index contributed by atoms with van der Waals surface area (Å²) in [6, 6.07) is 10.5. The zero-order valence-electron chi connectivity index (χ0n) is 13.9. The summed E-state index contributed by atoms with van der Waals surface area (Å²) >= 11 is 0. The Bertz CT molecular complexity index is 611. The minimum atomic E-state index is 0.181. The van der Waals surface area contributed by atoms with Gasteiger partial charge in [-0.2, -0.15) is 5.10 Å². The van der Waals surface area contributed by atoms with Gasteiger partial charge in [0.1, 0.15) is 5.82 Å². The first-order valence-corrected chi connectivity index (χ1v) is 8.61. The lowest BCUT2D eigenvalue weighted by atomic mass is 10.1. The molecule has 124 valence electrons. The summed E-state index contributed by atoms with van der Waals surface area (Å²) in [6.45, 7) is 2.01. The van der Waals surface area contributed by atoms with Crippen LogP contribution >= 0.6 is 0 Å². The van der Waals surface area contributed by atoms with Crippen LogP contribution in [0.5, 0.6) is 0 Å². The summed E-state index contributed by atoms with van der Waals surface area (Å²) in [6.07, 6.45) is 5.62. The van der Waals surface area contributed by atoms with E-state index in [9.17, 15) is 5.11 Å². The predicted octanol–water partition coefficient (Wildman–Crippen LogP) is 2.87. The molecule has 0 spiro atoms. The van der Waals surface area contributed by atoms with Crippen molar-refractivity contribution in [3.05, 3.63) is 36.2 Å². The molecule has 0 bridgehead atoms. The predicted molar refractivity (Wildman–Crippen MR) is 91.0 cm³/mol. The van der Waals surface area contributed by atoms with Crippen molar-refractivity contribution < 1.29 is 5.11 Å². The molecule has 5 heteroatoms. The van der Waals surface area contributed by atoms with E-state index in [2.05, 4.69) is 11.9 Å². The van der Waals surface area contributed by atoms with Gasteiger partial charge in [0, 0.05) is 18.7 Å². The number of aliphatic hydroxyl groups excluding tert-OH is 1. The number of hydrogen-bond acceptors (Lipinski definition) is 4. The summed E-state index contributed by atoms with van der Waals surface area (Å²) < 4.78 is 2.00. The number of aromatic nitrogens is 3. The van der Waals surface area contributed by atoms with E-state index in [4.69, 9.17) is 10.1 Å². The number of likely N-dealkylation sites (tertiary alicyclic amines) is 1. The van der Waals surface area contributed by atoms with E-state index >= 15 is 0 Å². The Hall–Kier alpha value is -1.72. The summed E-state index contributed by atoms with van der Waals surface area (Å²) in [5.74, 6) is 1.83. The molecule has 2 aromatic rings. The molecule has 1 N–H and O–H groups in total. The van der Waals surface area contributed by atoms with E-state index in [1.54, 1.807) is 0 Å². The Morgan fingerprint density at radius 2 is 2.00 bits per heavy atom. The van der Waals surface area contributed by atoms with E-state index in [-0.39, 0.29) is 6.61 Å². The second kappa shape index (κ2) is 7.70. The molecule has 0 saturated carbocycles. The summed E-state index contributed by atoms with van der Waals surface area (Å²) in [4.78, 5) is 7.28. The standard InChI is InChI=1S/C18H26N4O/c1-21-12-7-3-6-11-16(21)18-19-17(15-9-4-2-5-10-15)20-22(18)13-8-14-23/h2,4-5,9-10,16,23H,3,6-8,11-14H2,1H3. The van der Waals surface area contributed by atoms with Crippen LogP contribution in [0.15, 0.2) is 30.3 Å². The Morgan fingerprint density at radius 1 is 1.17 bits per heavy atom. The minimum absolute atomic E-state index is 0.181. The van der Waals surface area contributed by atoms with Crippen LogP contribution in [0, 0.1) is 0 Å². The molecule has 1 atom stereocenters. The van der Waals surface area contributed by atoms with E-state index < -0.39 is 0 Å². The van der Waals surface area contributed by atoms with Crippen molar-refractivity contribution in [3.8, 4) is 11.4 Å². The molecule has 0 amide bonds. The highest BCUT2D eigenvalue weighted by atomic mass is 16.3. The molecule has 3 rings (SSSR count). The van der Waals surface area contributed by atoms with Crippen LogP contribution in [-0.4, -0.2) is 45.0 Å². The smallest absolute Gasteiger partial charge is 0.181 e. The number of aliphatic hydroxyl groups is 1. The van der Waals surface area contributed by atoms with Crippen LogP contribution in [0.25, 0.3) is 11.4 Å². The first kappa shape index (κ1) is 16.1. The van der Waals surface area contributed by atoms with E-state index in [1.807, 2.05) is 35.0 Å². The van der Waals surface area contributed by atoms with E-state index in [0.717, 1.165) is 36.7 Å². The van der Waals surface area contributed by atoms with Crippen LogP contribution < -0.4 is 0 Å². The highest BCUT2D eigenvalue weighted by Gasteiger charge is 2.25. The molecule has 1 fully saturated rings. The molecular weight excluding hydrogens is 288 g/mol. The molecule has 1 unspecified atom stereocenters. The van der Waals surface area contributed by atoms with Crippen molar-refractivity contribution in [3.63, 3.8) is 0 Å². The molecule has 5 nitrogen and oxygen atoms in total. The molecule has 1 aromatic heterocycles. The van der Waals surface area contributed by atoms with Crippen molar-refractivity contribution in [2.24, 2.45) is 0 Å². The van der Waals surface area contributed by atoms with E-state index in [1.165, 1.54) is 19.3 Å². The summed E-state index contributed by atoms with van der Waals surface area (Å²) in [5, 5.41) is 13.9. The van der Waals surface area contributed by atoms with Crippen LogP contribution in [0.4, 0.5) is 0 Å². The van der Waals surface area contributed by atoms with Gasteiger partial charge in [0.2, 0.25) is 0 Å². The van der Waals surface area contributed by atoms with E-state index in [0.29, 0.717) is 12.5 Å². The number of hydrogen-bond donors (Lipinski definition) is 1. The van der Waals surface area contributed by atoms with Gasteiger partial charge in [-0.3, -0.25) is 4.90 Å². The monoisotopic (exact) mass is 314 g/mol. The number of benzene rings is 1. The number of rotatable bonds is 5. The Kier molecular flexibility index (Phi) is 5.41. The molecule has 1 saturated heterocycles. The maximum atomic E-state index is 9.18. The molecule has 0 radical (unpaired) electrons. The normalized spacial score (nSPS) is 19.7. The quantitative estimate of drug-likeness (QED) is 0.922. The van der Waals surface area contributed by atoms with Gasteiger partial charge in [-0.1, -0.05) is 43.2 Å². The third-order valence-electron chi connectivity index (χ3n) is 4.58. The van der Waals surface area contributed by atoms with Gasteiger partial charge in [-0.25, -0.2) is 9.67 Å². The third-order valence-corrected chi connectivity index (χ3v) is 4.58. The zero-order chi connectivity index (χ0) is 16.1. The fourth-order valence-electron chi connectivity index (χ4n) is 3.27. The average Bonchev–Trinajstić information content (AvgIpc) is 2.89. The lowest BCUT2D eigenvalue weighted by molar-refractivity contribution is 0.228. The van der Waals surface area contributed by atoms with Gasteiger partial charge in [-0.05, 0) is 32.9 Å². The highest BCUT2D eigenvalue weighted by Crippen LogP contribution is 2.29. The lowest BCUT2D eigenvalue weighted by Gasteiger charge is -2.25. The van der Waals surface area contributed by atoms with Crippen molar-refractivity contribution in [1.29, 1.82) is 0 Å². The molecule has 1 aliphatic rings. The average molecular weight is 314 g/mol. The first-order chi connectivity index (χ1) is 11.3. The molecule has 23 heavy (non-hydrogen) atoms. The zero-order valence-corrected chi connectivity index (χ0v) is 13.9. The molecule has 1 aliphatic heterocycles. The fourth-order valence-corrected chi connectivity index (χ4v) is 3.27. The van der Waals surface area contributed by atoms with Crippen LogP contribution in [0.2, 0.25) is 0 Å². The second-order valence-corrected chi connectivity index (χ2v) is 6.31. The van der Waals surface area contributed by atoms with Crippen molar-refractivity contribution in [2.75, 3.05) is 20.2 Å². The lowest BCUT2D eigenvalue weighted by Crippen LogP contribution is -2.27. The molecular formula is C18H26N4O. The number of aryl methyl sites for hydroxylation is 1. The van der Waals surface area contributed by atoms with Crippen LogP contribution in [0.3, 0.4) is 0 Å². The molecule has 0 aliphatic carbocycles. The Labute approximate surface area is 138 Å². The SMILES string of the molecule is CN1CCCCCC1c1nc(-c2ccccc2)nn1CCCO. The minimum Gasteiger partial charge on any atom is -0.396 e. The Morgan fingerprint density at radius 3 is 2.78 bits per heavy atom. The van der Waals surface area contributed by atoms with Gasteiger partial charge in [0.15, 0.2) is 5.82 Å². The Balaban J connectivity index is 1.94.